The fourth-order valence-corrected chi connectivity index (χ4v) is 3.47. The Balaban J connectivity index is 1.45. The number of likely N-dealkylation sites (tertiary alicyclic amines) is 1. The molecule has 1 atom stereocenters. The third-order valence-electron chi connectivity index (χ3n) is 5.14. The number of ether oxygens (including phenoxy) is 1. The molecule has 144 valence electrons. The van der Waals surface area contributed by atoms with Crippen LogP contribution in [0, 0.1) is 0 Å². The predicted octanol–water partition coefficient (Wildman–Crippen LogP) is 3.82. The molecule has 0 saturated carbocycles. The third-order valence-corrected chi connectivity index (χ3v) is 5.14. The summed E-state index contributed by atoms with van der Waals surface area (Å²) in [6.45, 7) is 3.35. The van der Waals surface area contributed by atoms with Crippen molar-refractivity contribution in [2.45, 2.75) is 32.2 Å². The van der Waals surface area contributed by atoms with Crippen LogP contribution in [0.4, 0.5) is 0 Å². The number of aryl methyl sites for hydroxylation is 1. The van der Waals surface area contributed by atoms with Gasteiger partial charge in [-0.05, 0) is 35.7 Å². The number of amides is 1. The van der Waals surface area contributed by atoms with Crippen molar-refractivity contribution in [3.05, 3.63) is 65.5 Å². The van der Waals surface area contributed by atoms with Gasteiger partial charge in [-0.25, -0.2) is 0 Å². The maximum atomic E-state index is 12.5. The van der Waals surface area contributed by atoms with E-state index in [0.29, 0.717) is 31.2 Å². The second-order valence-electron chi connectivity index (χ2n) is 7.04. The normalized spacial score (nSPS) is 16.6. The van der Waals surface area contributed by atoms with E-state index in [1.54, 1.807) is 7.11 Å². The quantitative estimate of drug-likeness (QED) is 0.653. The standard InChI is InChI=1S/C22H23N3O3/c1-3-15-7-9-16(10-8-15)13-25-14-18(12-20(25)26)21-23-22(28-24-21)17-5-4-6-19(11-17)27-2/h4-11,18H,3,12-14H2,1-2H3. The van der Waals surface area contributed by atoms with Gasteiger partial charge in [-0.3, -0.25) is 4.79 Å². The van der Waals surface area contributed by atoms with Crippen molar-refractivity contribution in [1.29, 1.82) is 0 Å². The summed E-state index contributed by atoms with van der Waals surface area (Å²) in [5, 5.41) is 4.12. The van der Waals surface area contributed by atoms with Crippen LogP contribution in [0.5, 0.6) is 5.75 Å². The molecule has 1 amide bonds. The Morgan fingerprint density at radius 3 is 2.71 bits per heavy atom. The SMILES string of the molecule is CCc1ccc(CN2CC(c3noc(-c4cccc(OC)c4)n3)CC2=O)cc1. The van der Waals surface area contributed by atoms with E-state index >= 15 is 0 Å². The van der Waals surface area contributed by atoms with E-state index in [0.717, 1.165) is 23.3 Å². The summed E-state index contributed by atoms with van der Waals surface area (Å²) in [6.07, 6.45) is 1.42. The molecule has 6 heteroatoms. The van der Waals surface area contributed by atoms with Crippen LogP contribution in [0.2, 0.25) is 0 Å². The second kappa shape index (κ2) is 7.84. The van der Waals surface area contributed by atoms with Crippen LogP contribution in [0.1, 0.15) is 36.2 Å². The van der Waals surface area contributed by atoms with E-state index in [4.69, 9.17) is 9.26 Å². The highest BCUT2D eigenvalue weighted by Gasteiger charge is 2.33. The van der Waals surface area contributed by atoms with Crippen LogP contribution in [-0.4, -0.2) is 34.6 Å². The molecule has 0 radical (unpaired) electrons. The van der Waals surface area contributed by atoms with Crippen LogP contribution < -0.4 is 4.74 Å². The molecule has 0 spiro atoms. The molecule has 1 saturated heterocycles. The number of carbonyl (C=O) groups excluding carboxylic acids is 1. The molecule has 1 aromatic heterocycles. The topological polar surface area (TPSA) is 68.5 Å². The molecule has 28 heavy (non-hydrogen) atoms. The van der Waals surface area contributed by atoms with Gasteiger partial charge in [-0.15, -0.1) is 0 Å². The first-order valence-corrected chi connectivity index (χ1v) is 9.50. The molecule has 1 fully saturated rings. The van der Waals surface area contributed by atoms with Crippen molar-refractivity contribution >= 4 is 5.91 Å². The fraction of sp³-hybridized carbons (Fsp3) is 0.318. The first kappa shape index (κ1) is 18.2. The third kappa shape index (κ3) is 3.76. The fourth-order valence-electron chi connectivity index (χ4n) is 3.47. The number of hydrogen-bond donors (Lipinski definition) is 0. The monoisotopic (exact) mass is 377 g/mol. The molecule has 0 aliphatic carbocycles. The second-order valence-corrected chi connectivity index (χ2v) is 7.04. The smallest absolute Gasteiger partial charge is 0.258 e. The Morgan fingerprint density at radius 2 is 1.96 bits per heavy atom. The van der Waals surface area contributed by atoms with Gasteiger partial charge >= 0.3 is 0 Å². The van der Waals surface area contributed by atoms with E-state index in [9.17, 15) is 4.79 Å². The van der Waals surface area contributed by atoms with Gasteiger partial charge < -0.3 is 14.2 Å². The average molecular weight is 377 g/mol. The zero-order chi connectivity index (χ0) is 19.5. The Labute approximate surface area is 164 Å². The van der Waals surface area contributed by atoms with Crippen molar-refractivity contribution < 1.29 is 14.1 Å². The molecule has 0 bridgehead atoms. The Morgan fingerprint density at radius 1 is 1.18 bits per heavy atom. The van der Waals surface area contributed by atoms with Crippen LogP contribution in [-0.2, 0) is 17.8 Å². The van der Waals surface area contributed by atoms with Crippen LogP contribution >= 0.6 is 0 Å². The number of aromatic nitrogens is 2. The first-order valence-electron chi connectivity index (χ1n) is 9.50. The molecule has 3 aromatic rings. The molecule has 2 heterocycles. The number of hydrogen-bond acceptors (Lipinski definition) is 5. The molecule has 4 rings (SSSR count). The maximum absolute atomic E-state index is 12.5. The maximum Gasteiger partial charge on any atom is 0.258 e. The van der Waals surface area contributed by atoms with E-state index in [1.807, 2.05) is 29.2 Å². The lowest BCUT2D eigenvalue weighted by molar-refractivity contribution is -0.128. The van der Waals surface area contributed by atoms with Gasteiger partial charge in [0.25, 0.3) is 5.89 Å². The minimum Gasteiger partial charge on any atom is -0.497 e. The summed E-state index contributed by atoms with van der Waals surface area (Å²) in [4.78, 5) is 18.9. The Kier molecular flexibility index (Phi) is 5.10. The Bertz CT molecular complexity index is 965. The van der Waals surface area contributed by atoms with Gasteiger partial charge in [0.1, 0.15) is 5.75 Å². The minimum absolute atomic E-state index is 0.0504. The highest BCUT2D eigenvalue weighted by molar-refractivity contribution is 5.79. The van der Waals surface area contributed by atoms with Crippen LogP contribution in [0.3, 0.4) is 0 Å². The summed E-state index contributed by atoms with van der Waals surface area (Å²) in [7, 11) is 1.62. The first-order chi connectivity index (χ1) is 13.7. The molecule has 0 N–H and O–H groups in total. The molecular formula is C22H23N3O3. The lowest BCUT2D eigenvalue weighted by Gasteiger charge is -2.16. The van der Waals surface area contributed by atoms with E-state index < -0.39 is 0 Å². The Hall–Kier alpha value is -3.15. The molecule has 1 aliphatic rings. The average Bonchev–Trinajstić information content (AvgIpc) is 3.36. The summed E-state index contributed by atoms with van der Waals surface area (Å²) in [6, 6.07) is 15.9. The zero-order valence-electron chi connectivity index (χ0n) is 16.1. The van der Waals surface area contributed by atoms with Crippen molar-refractivity contribution in [2.24, 2.45) is 0 Å². The van der Waals surface area contributed by atoms with Gasteiger partial charge in [0.05, 0.1) is 7.11 Å². The number of rotatable bonds is 6. The van der Waals surface area contributed by atoms with Gasteiger partial charge in [0, 0.05) is 31.0 Å². The molecule has 1 unspecified atom stereocenters. The van der Waals surface area contributed by atoms with Gasteiger partial charge in [-0.1, -0.05) is 42.4 Å². The van der Waals surface area contributed by atoms with Gasteiger partial charge in [-0.2, -0.15) is 4.98 Å². The summed E-state index contributed by atoms with van der Waals surface area (Å²) >= 11 is 0. The summed E-state index contributed by atoms with van der Waals surface area (Å²) in [5.74, 6) is 1.82. The van der Waals surface area contributed by atoms with E-state index in [1.165, 1.54) is 5.56 Å². The number of nitrogens with zero attached hydrogens (tertiary/aromatic N) is 3. The summed E-state index contributed by atoms with van der Waals surface area (Å²) < 4.78 is 10.7. The van der Waals surface area contributed by atoms with E-state index in [-0.39, 0.29) is 11.8 Å². The van der Waals surface area contributed by atoms with Crippen molar-refractivity contribution in [3.8, 4) is 17.2 Å². The highest BCUT2D eigenvalue weighted by atomic mass is 16.5. The molecular weight excluding hydrogens is 354 g/mol. The largest absolute Gasteiger partial charge is 0.497 e. The van der Waals surface area contributed by atoms with Crippen molar-refractivity contribution in [2.75, 3.05) is 13.7 Å². The number of carbonyl (C=O) groups is 1. The zero-order valence-corrected chi connectivity index (χ0v) is 16.1. The lowest BCUT2D eigenvalue weighted by Crippen LogP contribution is -2.24. The van der Waals surface area contributed by atoms with Gasteiger partial charge in [0.2, 0.25) is 5.91 Å². The molecule has 6 nitrogen and oxygen atoms in total. The summed E-state index contributed by atoms with van der Waals surface area (Å²) in [5.41, 5.74) is 3.23. The van der Waals surface area contributed by atoms with Crippen LogP contribution in [0.25, 0.3) is 11.5 Å². The lowest BCUT2D eigenvalue weighted by atomic mass is 10.1. The van der Waals surface area contributed by atoms with Crippen molar-refractivity contribution in [3.63, 3.8) is 0 Å². The van der Waals surface area contributed by atoms with Crippen LogP contribution in [0.15, 0.2) is 53.1 Å². The predicted molar refractivity (Wildman–Crippen MR) is 105 cm³/mol. The van der Waals surface area contributed by atoms with E-state index in [2.05, 4.69) is 41.3 Å². The molecule has 2 aromatic carbocycles. The minimum atomic E-state index is -0.0504. The number of benzene rings is 2. The molecule has 1 aliphatic heterocycles. The highest BCUT2D eigenvalue weighted by Crippen LogP contribution is 2.30. The number of methoxy groups -OCH3 is 1. The van der Waals surface area contributed by atoms with Crippen molar-refractivity contribution in [1.82, 2.24) is 15.0 Å². The van der Waals surface area contributed by atoms with Gasteiger partial charge in [0.15, 0.2) is 5.82 Å².